The average Bonchev–Trinajstić information content (AvgIpc) is 3.00. The van der Waals surface area contributed by atoms with Crippen LogP contribution >= 0.6 is 0 Å². The predicted molar refractivity (Wildman–Crippen MR) is 153 cm³/mol. The molecule has 1 amide bonds. The largest absolute Gasteiger partial charge is 0.468 e. The van der Waals surface area contributed by atoms with Crippen LogP contribution in [0.1, 0.15) is 36.9 Å². The summed E-state index contributed by atoms with van der Waals surface area (Å²) in [6.07, 6.45) is 0. The van der Waals surface area contributed by atoms with Crippen molar-refractivity contribution in [1.82, 2.24) is 10.2 Å². The van der Waals surface area contributed by atoms with Gasteiger partial charge in [0.05, 0.1) is 25.2 Å². The Morgan fingerprint density at radius 2 is 1.83 bits per heavy atom. The van der Waals surface area contributed by atoms with Crippen molar-refractivity contribution in [2.75, 3.05) is 46.6 Å². The quantitative estimate of drug-likeness (QED) is 0.255. The maximum absolute atomic E-state index is 14.0. The normalized spacial score (nSPS) is 19.8. The van der Waals surface area contributed by atoms with Gasteiger partial charge in [0.1, 0.15) is 12.5 Å². The number of aliphatic imine (C=N–C) groups is 1. The number of methoxy groups -OCH3 is 1. The lowest BCUT2D eigenvalue weighted by Crippen LogP contribution is -2.42. The second-order valence-electron chi connectivity index (χ2n) is 10.0. The summed E-state index contributed by atoms with van der Waals surface area (Å²) in [7, 11) is 1.23. The van der Waals surface area contributed by atoms with Crippen LogP contribution in [0.15, 0.2) is 70.9 Å². The molecule has 0 aliphatic carbocycles. The van der Waals surface area contributed by atoms with Crippen LogP contribution < -0.4 is 5.32 Å². The molecule has 2 aliphatic rings. The molecule has 4 rings (SSSR count). The SMILES string of the molecule is COC(=O)C1C(C)=NC(C)=C(C(=O)NC(C(=O)OCCN2CCOCC2)c2ccccc2)C1c1cccc([N+](=O)[O-])c1. The molecule has 0 saturated carbocycles. The van der Waals surface area contributed by atoms with E-state index in [0.29, 0.717) is 42.3 Å². The summed E-state index contributed by atoms with van der Waals surface area (Å²) in [5.74, 6) is -3.92. The summed E-state index contributed by atoms with van der Waals surface area (Å²) in [5, 5.41) is 14.3. The van der Waals surface area contributed by atoms with Gasteiger partial charge < -0.3 is 19.5 Å². The van der Waals surface area contributed by atoms with Gasteiger partial charge in [-0.05, 0) is 25.0 Å². The van der Waals surface area contributed by atoms with Gasteiger partial charge >= 0.3 is 11.9 Å². The molecule has 12 heteroatoms. The van der Waals surface area contributed by atoms with E-state index in [1.54, 1.807) is 50.2 Å². The number of ether oxygens (including phenoxy) is 3. The van der Waals surface area contributed by atoms with Crippen molar-refractivity contribution in [3.63, 3.8) is 0 Å². The lowest BCUT2D eigenvalue weighted by atomic mass is 9.75. The van der Waals surface area contributed by atoms with Crippen LogP contribution in [0.2, 0.25) is 0 Å². The average molecular weight is 579 g/mol. The number of nitro groups is 1. The second kappa shape index (κ2) is 14.0. The van der Waals surface area contributed by atoms with Gasteiger partial charge in [0.15, 0.2) is 6.04 Å². The van der Waals surface area contributed by atoms with E-state index in [9.17, 15) is 24.5 Å². The number of esters is 2. The molecule has 2 aliphatic heterocycles. The monoisotopic (exact) mass is 578 g/mol. The fraction of sp³-hybridized carbons (Fsp3) is 0.400. The highest BCUT2D eigenvalue weighted by molar-refractivity contribution is 6.08. The number of nitro benzene ring substituents is 1. The summed E-state index contributed by atoms with van der Waals surface area (Å²) >= 11 is 0. The molecular formula is C30H34N4O8. The predicted octanol–water partition coefficient (Wildman–Crippen LogP) is 2.95. The van der Waals surface area contributed by atoms with Crippen LogP contribution in [0.3, 0.4) is 0 Å². The minimum Gasteiger partial charge on any atom is -0.468 e. The molecule has 1 saturated heterocycles. The topological polar surface area (TPSA) is 150 Å². The van der Waals surface area contributed by atoms with Gasteiger partial charge in [0, 0.05) is 54.7 Å². The summed E-state index contributed by atoms with van der Waals surface area (Å²) in [5.41, 5.74) is 1.48. The van der Waals surface area contributed by atoms with Gasteiger partial charge in [0.25, 0.3) is 11.6 Å². The molecule has 42 heavy (non-hydrogen) atoms. The van der Waals surface area contributed by atoms with Crippen molar-refractivity contribution in [2.24, 2.45) is 10.9 Å². The third-order valence-corrected chi connectivity index (χ3v) is 7.37. The van der Waals surface area contributed by atoms with E-state index in [-0.39, 0.29) is 17.9 Å². The van der Waals surface area contributed by atoms with Crippen LogP contribution in [0.25, 0.3) is 0 Å². The number of rotatable bonds is 10. The first kappa shape index (κ1) is 30.5. The Kier molecular flexibility index (Phi) is 10.2. The van der Waals surface area contributed by atoms with Crippen molar-refractivity contribution >= 4 is 29.2 Å². The van der Waals surface area contributed by atoms with Crippen molar-refractivity contribution in [3.05, 3.63) is 87.1 Å². The molecule has 222 valence electrons. The molecule has 2 aromatic rings. The number of nitrogens with zero attached hydrogens (tertiary/aromatic N) is 3. The molecule has 1 N–H and O–H groups in total. The number of carbonyl (C=O) groups is 3. The molecule has 1 fully saturated rings. The molecule has 12 nitrogen and oxygen atoms in total. The molecule has 2 heterocycles. The number of amides is 1. The third-order valence-electron chi connectivity index (χ3n) is 7.37. The van der Waals surface area contributed by atoms with E-state index < -0.39 is 40.6 Å². The molecule has 0 spiro atoms. The number of hydrogen-bond donors (Lipinski definition) is 1. The van der Waals surface area contributed by atoms with Crippen LogP contribution in [0.5, 0.6) is 0 Å². The molecule has 0 radical (unpaired) electrons. The number of non-ortho nitro benzene ring substituents is 1. The van der Waals surface area contributed by atoms with Gasteiger partial charge in [0.2, 0.25) is 0 Å². The number of benzene rings is 2. The van der Waals surface area contributed by atoms with Crippen LogP contribution in [0.4, 0.5) is 5.69 Å². The molecule has 3 unspecified atom stereocenters. The van der Waals surface area contributed by atoms with Crippen molar-refractivity contribution in [2.45, 2.75) is 25.8 Å². The fourth-order valence-corrected chi connectivity index (χ4v) is 5.27. The molecular weight excluding hydrogens is 544 g/mol. The standard InChI is InChI=1S/C30H34N4O8/c1-19-24(26(25(20(2)31-19)29(36)40-3)22-10-7-11-23(18-22)34(38)39)28(35)32-27(21-8-5-4-6-9-21)30(37)42-17-14-33-12-15-41-16-13-33/h4-11,18,25-27H,12-17H2,1-3H3,(H,32,35). The first-order chi connectivity index (χ1) is 20.2. The van der Waals surface area contributed by atoms with Crippen molar-refractivity contribution < 1.29 is 33.5 Å². The number of allylic oxidation sites excluding steroid dienone is 1. The Balaban J connectivity index is 1.66. The molecule has 0 aromatic heterocycles. The van der Waals surface area contributed by atoms with E-state index >= 15 is 0 Å². The number of morpholine rings is 1. The summed E-state index contributed by atoms with van der Waals surface area (Å²) in [6, 6.07) is 13.3. The maximum atomic E-state index is 14.0. The highest BCUT2D eigenvalue weighted by Gasteiger charge is 2.43. The van der Waals surface area contributed by atoms with E-state index in [0.717, 1.165) is 13.1 Å². The minimum atomic E-state index is -1.15. The lowest BCUT2D eigenvalue weighted by Gasteiger charge is -2.32. The fourth-order valence-electron chi connectivity index (χ4n) is 5.27. The van der Waals surface area contributed by atoms with Gasteiger partial charge in [-0.25, -0.2) is 4.79 Å². The molecule has 2 aromatic carbocycles. The Hall–Kier alpha value is -4.42. The van der Waals surface area contributed by atoms with Gasteiger partial charge in [-0.2, -0.15) is 0 Å². The Bertz CT molecular complexity index is 1380. The highest BCUT2D eigenvalue weighted by atomic mass is 16.6. The zero-order chi connectivity index (χ0) is 30.2. The summed E-state index contributed by atoms with van der Waals surface area (Å²) in [6.45, 7) is 6.63. The van der Waals surface area contributed by atoms with Crippen molar-refractivity contribution in [3.8, 4) is 0 Å². The summed E-state index contributed by atoms with van der Waals surface area (Å²) in [4.78, 5) is 58.0. The number of nitrogens with one attached hydrogen (secondary N) is 1. The van der Waals surface area contributed by atoms with Gasteiger partial charge in [-0.3, -0.25) is 29.6 Å². The van der Waals surface area contributed by atoms with Crippen LogP contribution in [0, 0.1) is 16.0 Å². The Labute approximate surface area is 243 Å². The van der Waals surface area contributed by atoms with Gasteiger partial charge in [-0.1, -0.05) is 42.5 Å². The first-order valence-corrected chi connectivity index (χ1v) is 13.6. The van der Waals surface area contributed by atoms with E-state index in [1.165, 1.54) is 25.3 Å². The Morgan fingerprint density at radius 3 is 2.50 bits per heavy atom. The zero-order valence-electron chi connectivity index (χ0n) is 23.8. The lowest BCUT2D eigenvalue weighted by molar-refractivity contribution is -0.384. The molecule has 3 atom stereocenters. The maximum Gasteiger partial charge on any atom is 0.333 e. The number of hydrogen-bond acceptors (Lipinski definition) is 10. The Morgan fingerprint density at radius 1 is 1.12 bits per heavy atom. The van der Waals surface area contributed by atoms with Gasteiger partial charge in [-0.15, -0.1) is 0 Å². The minimum absolute atomic E-state index is 0.0959. The molecule has 0 bridgehead atoms. The number of carbonyl (C=O) groups excluding carboxylic acids is 3. The zero-order valence-corrected chi connectivity index (χ0v) is 23.8. The smallest absolute Gasteiger partial charge is 0.333 e. The van der Waals surface area contributed by atoms with Crippen LogP contribution in [-0.2, 0) is 28.6 Å². The van der Waals surface area contributed by atoms with E-state index in [1.807, 2.05) is 0 Å². The van der Waals surface area contributed by atoms with E-state index in [4.69, 9.17) is 14.2 Å². The summed E-state index contributed by atoms with van der Waals surface area (Å²) < 4.78 is 16.0. The third kappa shape index (κ3) is 7.07. The van der Waals surface area contributed by atoms with Crippen LogP contribution in [-0.4, -0.2) is 79.9 Å². The van der Waals surface area contributed by atoms with E-state index in [2.05, 4.69) is 15.2 Å². The second-order valence-corrected chi connectivity index (χ2v) is 10.0. The first-order valence-electron chi connectivity index (χ1n) is 13.6. The van der Waals surface area contributed by atoms with Crippen molar-refractivity contribution in [1.29, 1.82) is 0 Å². The highest BCUT2D eigenvalue weighted by Crippen LogP contribution is 2.40.